The quantitative estimate of drug-likeness (QED) is 0.838. The predicted molar refractivity (Wildman–Crippen MR) is 76.4 cm³/mol. The Morgan fingerprint density at radius 1 is 1.05 bits per heavy atom. The van der Waals surface area contributed by atoms with Crippen molar-refractivity contribution in [3.8, 4) is 0 Å². The Balaban J connectivity index is 2.06. The van der Waals surface area contributed by atoms with Crippen molar-refractivity contribution in [3.05, 3.63) is 64.7 Å². The maximum Gasteiger partial charge on any atom is 0.238 e. The zero-order chi connectivity index (χ0) is 13.2. The highest BCUT2D eigenvalue weighted by atomic mass is 35.5. The van der Waals surface area contributed by atoms with Gasteiger partial charge in [0, 0.05) is 10.7 Å². The Morgan fingerprint density at radius 3 is 2.58 bits per heavy atom. The molecule has 0 radical (unpaired) electrons. The lowest BCUT2D eigenvalue weighted by atomic mass is 9.97. The number of halogens is 1. The number of hydrogen-bond donors (Lipinski definition) is 2. The Hall–Kier alpha value is -1.84. The fraction of sp³-hybridized carbons (Fsp3) is 0.133. The molecule has 1 heterocycles. The molecule has 1 amide bonds. The summed E-state index contributed by atoms with van der Waals surface area (Å²) < 4.78 is 0. The number of carbonyl (C=O) groups excluding carboxylic acids is 1. The third-order valence-electron chi connectivity index (χ3n) is 3.22. The zero-order valence-electron chi connectivity index (χ0n) is 10.2. The van der Waals surface area contributed by atoms with Crippen LogP contribution in [0.2, 0.25) is 5.02 Å². The normalized spacial score (nSPS) is 18.4. The van der Waals surface area contributed by atoms with E-state index in [2.05, 4.69) is 10.6 Å². The van der Waals surface area contributed by atoms with Gasteiger partial charge < -0.3 is 5.32 Å². The van der Waals surface area contributed by atoms with Crippen LogP contribution < -0.4 is 10.6 Å². The van der Waals surface area contributed by atoms with E-state index >= 15 is 0 Å². The SMILES string of the molecule is O=C1CNC(c2ccc(Cl)cc2)c2ccccc2N1. The van der Waals surface area contributed by atoms with Gasteiger partial charge in [0.15, 0.2) is 0 Å². The van der Waals surface area contributed by atoms with Crippen molar-refractivity contribution >= 4 is 23.2 Å². The van der Waals surface area contributed by atoms with Crippen molar-refractivity contribution in [1.82, 2.24) is 5.32 Å². The Bertz CT molecular complexity index is 610. The lowest BCUT2D eigenvalue weighted by molar-refractivity contribution is -0.115. The van der Waals surface area contributed by atoms with Gasteiger partial charge in [-0.25, -0.2) is 0 Å². The second-order valence-corrected chi connectivity index (χ2v) is 4.94. The molecule has 0 aliphatic carbocycles. The zero-order valence-corrected chi connectivity index (χ0v) is 10.9. The largest absolute Gasteiger partial charge is 0.325 e. The van der Waals surface area contributed by atoms with E-state index in [9.17, 15) is 4.79 Å². The van der Waals surface area contributed by atoms with Gasteiger partial charge in [0.05, 0.1) is 12.6 Å². The first-order valence-electron chi connectivity index (χ1n) is 6.11. The summed E-state index contributed by atoms with van der Waals surface area (Å²) in [5, 5.41) is 6.88. The topological polar surface area (TPSA) is 41.1 Å². The third-order valence-corrected chi connectivity index (χ3v) is 3.47. The van der Waals surface area contributed by atoms with E-state index in [4.69, 9.17) is 11.6 Å². The molecular formula is C15H13ClN2O. The number of nitrogens with one attached hydrogen (secondary N) is 2. The fourth-order valence-corrected chi connectivity index (χ4v) is 2.44. The number of amides is 1. The van der Waals surface area contributed by atoms with Crippen LogP contribution in [0.15, 0.2) is 48.5 Å². The first-order chi connectivity index (χ1) is 9.24. The summed E-state index contributed by atoms with van der Waals surface area (Å²) in [5.41, 5.74) is 3.02. The first-order valence-corrected chi connectivity index (χ1v) is 6.49. The third kappa shape index (κ3) is 2.48. The van der Waals surface area contributed by atoms with E-state index < -0.39 is 0 Å². The van der Waals surface area contributed by atoms with E-state index in [1.165, 1.54) is 0 Å². The summed E-state index contributed by atoms with van der Waals surface area (Å²) >= 11 is 5.92. The van der Waals surface area contributed by atoms with Crippen LogP contribution in [0, 0.1) is 0 Å². The average molecular weight is 273 g/mol. The summed E-state index contributed by atoms with van der Waals surface area (Å²) in [7, 11) is 0. The van der Waals surface area contributed by atoms with Crippen molar-refractivity contribution < 1.29 is 4.79 Å². The lowest BCUT2D eigenvalue weighted by Gasteiger charge is -2.18. The summed E-state index contributed by atoms with van der Waals surface area (Å²) in [6.45, 7) is 0.294. The van der Waals surface area contributed by atoms with Crippen molar-refractivity contribution in [2.45, 2.75) is 6.04 Å². The second-order valence-electron chi connectivity index (χ2n) is 4.50. The fourth-order valence-electron chi connectivity index (χ4n) is 2.31. The Morgan fingerprint density at radius 2 is 1.79 bits per heavy atom. The molecule has 1 unspecified atom stereocenters. The minimum atomic E-state index is -0.0242. The van der Waals surface area contributed by atoms with E-state index in [-0.39, 0.29) is 11.9 Å². The van der Waals surface area contributed by atoms with E-state index in [0.717, 1.165) is 16.8 Å². The molecule has 19 heavy (non-hydrogen) atoms. The summed E-state index contributed by atoms with van der Waals surface area (Å²) in [4.78, 5) is 11.7. The lowest BCUT2D eigenvalue weighted by Crippen LogP contribution is -2.27. The van der Waals surface area contributed by atoms with Crippen molar-refractivity contribution in [1.29, 1.82) is 0 Å². The van der Waals surface area contributed by atoms with E-state index in [0.29, 0.717) is 11.6 Å². The van der Waals surface area contributed by atoms with Gasteiger partial charge in [-0.3, -0.25) is 10.1 Å². The maximum atomic E-state index is 11.7. The second kappa shape index (κ2) is 5.03. The van der Waals surface area contributed by atoms with Crippen LogP contribution in [0.25, 0.3) is 0 Å². The highest BCUT2D eigenvalue weighted by molar-refractivity contribution is 6.30. The van der Waals surface area contributed by atoms with Gasteiger partial charge in [-0.05, 0) is 29.3 Å². The molecule has 0 saturated carbocycles. The van der Waals surface area contributed by atoms with Gasteiger partial charge in [0.2, 0.25) is 5.91 Å². The van der Waals surface area contributed by atoms with Crippen LogP contribution in [-0.4, -0.2) is 12.5 Å². The number of rotatable bonds is 1. The van der Waals surface area contributed by atoms with Crippen LogP contribution in [0.1, 0.15) is 17.2 Å². The average Bonchev–Trinajstić information content (AvgIpc) is 2.58. The minimum Gasteiger partial charge on any atom is -0.325 e. The number of para-hydroxylation sites is 1. The van der Waals surface area contributed by atoms with Crippen LogP contribution >= 0.6 is 11.6 Å². The highest BCUT2D eigenvalue weighted by Gasteiger charge is 2.22. The number of carbonyl (C=O) groups is 1. The number of anilines is 1. The molecule has 0 bridgehead atoms. The van der Waals surface area contributed by atoms with Crippen molar-refractivity contribution in [2.24, 2.45) is 0 Å². The molecule has 3 nitrogen and oxygen atoms in total. The van der Waals surface area contributed by atoms with Gasteiger partial charge in [0.1, 0.15) is 0 Å². The van der Waals surface area contributed by atoms with Crippen molar-refractivity contribution in [2.75, 3.05) is 11.9 Å². The highest BCUT2D eigenvalue weighted by Crippen LogP contribution is 2.30. The van der Waals surface area contributed by atoms with Crippen LogP contribution in [0.5, 0.6) is 0 Å². The van der Waals surface area contributed by atoms with Crippen LogP contribution in [0.3, 0.4) is 0 Å². The molecule has 0 fully saturated rings. The smallest absolute Gasteiger partial charge is 0.238 e. The van der Waals surface area contributed by atoms with Gasteiger partial charge in [-0.2, -0.15) is 0 Å². The van der Waals surface area contributed by atoms with E-state index in [1.54, 1.807) is 0 Å². The number of hydrogen-bond acceptors (Lipinski definition) is 2. The standard InChI is InChI=1S/C15H13ClN2O/c16-11-7-5-10(6-8-11)15-12-3-1-2-4-13(12)18-14(19)9-17-15/h1-8,15,17H,9H2,(H,18,19). The summed E-state index contributed by atoms with van der Waals surface area (Å²) in [5.74, 6) is -0.0242. The number of benzene rings is 2. The minimum absolute atomic E-state index is 0.00702. The molecule has 0 saturated heterocycles. The first kappa shape index (κ1) is 12.2. The molecule has 1 aliphatic heterocycles. The molecule has 2 aromatic carbocycles. The molecule has 2 aromatic rings. The molecule has 4 heteroatoms. The van der Waals surface area contributed by atoms with E-state index in [1.807, 2.05) is 48.5 Å². The monoisotopic (exact) mass is 272 g/mol. The molecule has 0 aromatic heterocycles. The van der Waals surface area contributed by atoms with Crippen molar-refractivity contribution in [3.63, 3.8) is 0 Å². The Labute approximate surface area is 116 Å². The van der Waals surface area contributed by atoms with Gasteiger partial charge in [-0.15, -0.1) is 0 Å². The molecule has 0 spiro atoms. The molecule has 2 N–H and O–H groups in total. The maximum absolute atomic E-state index is 11.7. The molecule has 96 valence electrons. The molecule has 1 aliphatic rings. The number of fused-ring (bicyclic) bond motifs is 1. The molecule has 3 rings (SSSR count). The van der Waals surface area contributed by atoms with Gasteiger partial charge in [0.25, 0.3) is 0 Å². The van der Waals surface area contributed by atoms with Gasteiger partial charge in [-0.1, -0.05) is 41.9 Å². The molecular weight excluding hydrogens is 260 g/mol. The Kier molecular flexibility index (Phi) is 3.23. The van der Waals surface area contributed by atoms with Crippen LogP contribution in [-0.2, 0) is 4.79 Å². The predicted octanol–water partition coefficient (Wildman–Crippen LogP) is 2.97. The summed E-state index contributed by atoms with van der Waals surface area (Å²) in [6, 6.07) is 15.5. The summed E-state index contributed by atoms with van der Waals surface area (Å²) in [6.07, 6.45) is 0. The van der Waals surface area contributed by atoms with Crippen LogP contribution in [0.4, 0.5) is 5.69 Å². The van der Waals surface area contributed by atoms with Gasteiger partial charge >= 0.3 is 0 Å². The molecule has 1 atom stereocenters.